The van der Waals surface area contributed by atoms with E-state index in [1.165, 1.54) is 51.4 Å². The Balaban J connectivity index is 1.36. The number of carboxylic acids is 1. The van der Waals surface area contributed by atoms with Crippen LogP contribution in [0.5, 0.6) is 0 Å². The van der Waals surface area contributed by atoms with Gasteiger partial charge >= 0.3 is 12.0 Å². The molecule has 3 aliphatic heterocycles. The Hall–Kier alpha value is -2.08. The van der Waals surface area contributed by atoms with Gasteiger partial charge in [-0.3, -0.25) is 14.6 Å². The summed E-state index contributed by atoms with van der Waals surface area (Å²) >= 11 is 0. The summed E-state index contributed by atoms with van der Waals surface area (Å²) in [4.78, 5) is 32.2. The molecule has 2 bridgehead atoms. The zero-order valence-corrected chi connectivity index (χ0v) is 22.2. The summed E-state index contributed by atoms with van der Waals surface area (Å²) in [6, 6.07) is 12.0. The highest BCUT2D eigenvalue weighted by Gasteiger charge is 2.46. The Labute approximate surface area is 217 Å². The zero-order valence-electron chi connectivity index (χ0n) is 22.2. The van der Waals surface area contributed by atoms with Gasteiger partial charge in [-0.2, -0.15) is 0 Å². The number of benzene rings is 1. The van der Waals surface area contributed by atoms with Crippen LogP contribution in [0.3, 0.4) is 0 Å². The van der Waals surface area contributed by atoms with Gasteiger partial charge in [0.05, 0.1) is 5.92 Å². The second-order valence-electron chi connectivity index (χ2n) is 12.2. The molecular formula is C30H45N3O3. The molecule has 6 nitrogen and oxygen atoms in total. The molecule has 0 aromatic heterocycles. The Bertz CT molecular complexity index is 894. The van der Waals surface area contributed by atoms with Crippen molar-refractivity contribution in [3.63, 3.8) is 0 Å². The van der Waals surface area contributed by atoms with Crippen molar-refractivity contribution in [1.82, 2.24) is 9.80 Å². The number of nitrogens with zero attached hydrogens (tertiary/aromatic N) is 3. The minimum atomic E-state index is -0.789. The van der Waals surface area contributed by atoms with E-state index in [2.05, 4.69) is 18.7 Å². The van der Waals surface area contributed by atoms with Crippen LogP contribution >= 0.6 is 0 Å². The smallest absolute Gasteiger partial charge is 0.324 e. The largest absolute Gasteiger partial charge is 0.481 e. The molecule has 4 aliphatic rings. The number of carboxylic acid groups (broad SMARTS) is 1. The van der Waals surface area contributed by atoms with Crippen LogP contribution in [0, 0.1) is 17.8 Å². The number of hydrogen-bond acceptors (Lipinski definition) is 3. The summed E-state index contributed by atoms with van der Waals surface area (Å²) in [5, 5.41) is 9.49. The molecule has 1 N–H and O–H groups in total. The molecule has 198 valence electrons. The van der Waals surface area contributed by atoms with Gasteiger partial charge in [0.2, 0.25) is 0 Å². The number of hydrogen-bond donors (Lipinski definition) is 1. The minimum Gasteiger partial charge on any atom is -0.481 e. The predicted molar refractivity (Wildman–Crippen MR) is 143 cm³/mol. The second-order valence-corrected chi connectivity index (χ2v) is 12.2. The Morgan fingerprint density at radius 3 is 2.33 bits per heavy atom. The van der Waals surface area contributed by atoms with E-state index >= 15 is 0 Å². The molecule has 1 aromatic rings. The zero-order chi connectivity index (χ0) is 25.2. The van der Waals surface area contributed by atoms with Crippen LogP contribution in [0.15, 0.2) is 30.3 Å². The Kier molecular flexibility index (Phi) is 7.90. The van der Waals surface area contributed by atoms with E-state index < -0.39 is 11.9 Å². The van der Waals surface area contributed by atoms with Crippen LogP contribution < -0.4 is 4.90 Å². The van der Waals surface area contributed by atoms with Crippen LogP contribution in [-0.4, -0.2) is 64.2 Å². The highest BCUT2D eigenvalue weighted by atomic mass is 16.4. The van der Waals surface area contributed by atoms with Crippen LogP contribution in [0.2, 0.25) is 0 Å². The van der Waals surface area contributed by atoms with Gasteiger partial charge in [0.15, 0.2) is 0 Å². The lowest BCUT2D eigenvalue weighted by Gasteiger charge is -2.55. The molecule has 36 heavy (non-hydrogen) atoms. The summed E-state index contributed by atoms with van der Waals surface area (Å²) in [5.41, 5.74) is 0.951. The van der Waals surface area contributed by atoms with E-state index in [9.17, 15) is 14.7 Å². The first kappa shape index (κ1) is 25.6. The van der Waals surface area contributed by atoms with E-state index in [1.807, 2.05) is 35.2 Å². The topological polar surface area (TPSA) is 64.1 Å². The first-order chi connectivity index (χ1) is 17.4. The summed E-state index contributed by atoms with van der Waals surface area (Å²) in [5.74, 6) is 0.431. The molecule has 6 heteroatoms. The number of rotatable bonds is 6. The molecule has 5 rings (SSSR count). The van der Waals surface area contributed by atoms with Gasteiger partial charge in [-0.25, -0.2) is 4.79 Å². The van der Waals surface area contributed by atoms with Crippen molar-refractivity contribution in [3.05, 3.63) is 30.3 Å². The van der Waals surface area contributed by atoms with Gasteiger partial charge in [0.1, 0.15) is 0 Å². The molecule has 1 unspecified atom stereocenters. The number of piperidine rings is 2. The molecule has 3 saturated heterocycles. The van der Waals surface area contributed by atoms with E-state index in [1.54, 1.807) is 4.90 Å². The van der Waals surface area contributed by atoms with Crippen molar-refractivity contribution in [2.75, 3.05) is 18.0 Å². The van der Waals surface area contributed by atoms with Crippen molar-refractivity contribution >= 4 is 17.7 Å². The van der Waals surface area contributed by atoms with Crippen LogP contribution in [0.25, 0.3) is 0 Å². The molecule has 4 fully saturated rings. The molecule has 1 aliphatic carbocycles. The summed E-state index contributed by atoms with van der Waals surface area (Å²) < 4.78 is 0. The molecule has 1 aromatic carbocycles. The quantitative estimate of drug-likeness (QED) is 0.525. The number of amides is 2. The monoisotopic (exact) mass is 495 g/mol. The second kappa shape index (κ2) is 11.1. The highest BCUT2D eigenvalue weighted by molar-refractivity contribution is 5.93. The number of carbonyl (C=O) groups excluding carboxylic acids is 1. The first-order valence-corrected chi connectivity index (χ1v) is 14.6. The molecule has 7 atom stereocenters. The summed E-state index contributed by atoms with van der Waals surface area (Å²) in [7, 11) is 0. The number of likely N-dealkylation sites (tertiary alicyclic amines) is 1. The van der Waals surface area contributed by atoms with Crippen molar-refractivity contribution in [3.8, 4) is 0 Å². The van der Waals surface area contributed by atoms with Gasteiger partial charge in [-0.15, -0.1) is 0 Å². The van der Waals surface area contributed by atoms with Gasteiger partial charge in [0, 0.05) is 42.9 Å². The normalized spacial score (nSPS) is 34.9. The van der Waals surface area contributed by atoms with Crippen LogP contribution in [0.4, 0.5) is 10.5 Å². The van der Waals surface area contributed by atoms with Crippen molar-refractivity contribution in [1.29, 1.82) is 0 Å². The van der Waals surface area contributed by atoms with Crippen molar-refractivity contribution in [2.45, 2.75) is 109 Å². The van der Waals surface area contributed by atoms with Gasteiger partial charge in [-0.1, -0.05) is 51.3 Å². The summed E-state index contributed by atoms with van der Waals surface area (Å²) in [6.45, 7) is 5.63. The molecular weight excluding hydrogens is 450 g/mol. The van der Waals surface area contributed by atoms with E-state index in [0.29, 0.717) is 37.6 Å². The molecule has 0 radical (unpaired) electrons. The molecule has 2 amide bonds. The Morgan fingerprint density at radius 1 is 0.972 bits per heavy atom. The third kappa shape index (κ3) is 5.29. The van der Waals surface area contributed by atoms with Crippen molar-refractivity contribution < 1.29 is 14.7 Å². The van der Waals surface area contributed by atoms with Gasteiger partial charge < -0.3 is 10.0 Å². The Morgan fingerprint density at radius 2 is 1.69 bits per heavy atom. The number of carbonyl (C=O) groups is 2. The third-order valence-electron chi connectivity index (χ3n) is 9.55. The summed E-state index contributed by atoms with van der Waals surface area (Å²) in [6.07, 6.45) is 13.1. The molecule has 0 spiro atoms. The maximum absolute atomic E-state index is 13.9. The van der Waals surface area contributed by atoms with Gasteiger partial charge in [0.25, 0.3) is 0 Å². The highest BCUT2D eigenvalue weighted by Crippen LogP contribution is 2.44. The number of aliphatic carboxylic acids is 1. The maximum atomic E-state index is 13.9. The van der Waals surface area contributed by atoms with E-state index in [4.69, 9.17) is 0 Å². The average molecular weight is 496 g/mol. The first-order valence-electron chi connectivity index (χ1n) is 14.6. The molecule has 1 saturated carbocycles. The lowest BCUT2D eigenvalue weighted by atomic mass is 9.73. The fourth-order valence-corrected chi connectivity index (χ4v) is 8.14. The third-order valence-corrected chi connectivity index (χ3v) is 9.55. The SMILES string of the molecule is CCC[C@H]1C[C@@H](C)C[C@H](N2[C@@H]3CCC[C@H]2CC(N(C(=O)N2CC[C@@H](C(=O)O)C2)c2ccccc2)C3)C1. The predicted octanol–water partition coefficient (Wildman–Crippen LogP) is 6.01. The van der Waals surface area contributed by atoms with Crippen molar-refractivity contribution in [2.24, 2.45) is 17.8 Å². The number of para-hydroxylation sites is 1. The van der Waals surface area contributed by atoms with Crippen LogP contribution in [-0.2, 0) is 4.79 Å². The number of anilines is 1. The fourth-order valence-electron chi connectivity index (χ4n) is 8.14. The number of urea groups is 1. The van der Waals surface area contributed by atoms with E-state index in [-0.39, 0.29) is 12.1 Å². The standard InChI is InChI=1S/C30H45N3O3/c1-3-8-22-15-21(2)16-27(17-22)32-25-11-7-12-26(32)19-28(18-25)33(24-9-5-4-6-10-24)30(36)31-14-13-23(20-31)29(34)35/h4-6,9-10,21-23,25-28H,3,7-8,11-20H2,1-2H3,(H,34,35)/t21-,22+,23-,25-,26+,27+,28?/m1/s1. The average Bonchev–Trinajstić information content (AvgIpc) is 3.35. The molecule has 3 heterocycles. The maximum Gasteiger partial charge on any atom is 0.324 e. The number of fused-ring (bicyclic) bond motifs is 2. The van der Waals surface area contributed by atoms with E-state index in [0.717, 1.165) is 30.4 Å². The minimum absolute atomic E-state index is 0.00391. The lowest BCUT2D eigenvalue weighted by molar-refractivity contribution is -0.141. The lowest BCUT2D eigenvalue weighted by Crippen LogP contribution is -2.62. The fraction of sp³-hybridized carbons (Fsp3) is 0.733. The van der Waals surface area contributed by atoms with Gasteiger partial charge in [-0.05, 0) is 75.3 Å². The van der Waals surface area contributed by atoms with Crippen LogP contribution in [0.1, 0.15) is 84.5 Å².